The van der Waals surface area contributed by atoms with Gasteiger partial charge in [0.2, 0.25) is 0 Å². The summed E-state index contributed by atoms with van der Waals surface area (Å²) < 4.78 is 12.9. The van der Waals surface area contributed by atoms with Gasteiger partial charge in [-0.25, -0.2) is 9.18 Å². The zero-order chi connectivity index (χ0) is 14.4. The topological polar surface area (TPSA) is 54.4 Å². The molecule has 3 nitrogen and oxygen atoms in total. The predicted octanol–water partition coefficient (Wildman–Crippen LogP) is 3.44. The Kier molecular flexibility index (Phi) is 5.42. The van der Waals surface area contributed by atoms with Crippen LogP contribution in [0.2, 0.25) is 0 Å². The van der Waals surface area contributed by atoms with Crippen molar-refractivity contribution in [1.29, 1.82) is 0 Å². The molecule has 0 saturated heterocycles. The normalized spacial score (nSPS) is 11.9. The first-order valence-corrected chi connectivity index (χ1v) is 6.26. The summed E-state index contributed by atoms with van der Waals surface area (Å²) in [5, 5.41) is 9.23. The predicted molar refractivity (Wildman–Crippen MR) is 71.2 cm³/mol. The fourth-order valence-electron chi connectivity index (χ4n) is 1.95. The second kappa shape index (κ2) is 6.83. The Morgan fingerprint density at radius 3 is 2.16 bits per heavy atom. The molecule has 1 aromatic carbocycles. The molecule has 0 aliphatic heterocycles. The number of carbonyl (C=O) groups excluding carboxylic acids is 1. The van der Waals surface area contributed by atoms with E-state index in [1.807, 2.05) is 6.92 Å². The smallest absolute Gasteiger partial charge is 0.339 e. The molecular weight excluding hydrogens is 247 g/mol. The Hall–Kier alpha value is -1.97. The van der Waals surface area contributed by atoms with Crippen LogP contribution in [0.15, 0.2) is 29.8 Å². The number of carboxylic acid groups (broad SMARTS) is 1. The van der Waals surface area contributed by atoms with Gasteiger partial charge in [0.05, 0.1) is 0 Å². The molecule has 1 rings (SSSR count). The Balaban J connectivity index is 3.34. The third-order valence-electron chi connectivity index (χ3n) is 2.82. The Labute approximate surface area is 111 Å². The zero-order valence-corrected chi connectivity index (χ0v) is 11.1. The molecule has 102 valence electrons. The van der Waals surface area contributed by atoms with Crippen molar-refractivity contribution in [3.05, 3.63) is 41.2 Å². The summed E-state index contributed by atoms with van der Waals surface area (Å²) in [6, 6.07) is 5.51. The van der Waals surface area contributed by atoms with Gasteiger partial charge in [0.1, 0.15) is 11.4 Å². The standard InChI is InChI=1S/C15H17FO3/c1-3-5-13(17)14(15(18)19)12(4-2)10-6-8-11(16)9-7-10/h6-9H,3-5H2,1-2H3,(H,18,19). The largest absolute Gasteiger partial charge is 0.478 e. The molecule has 0 atom stereocenters. The first-order valence-electron chi connectivity index (χ1n) is 6.26. The van der Waals surface area contributed by atoms with E-state index in [0.29, 0.717) is 24.0 Å². The molecule has 0 saturated carbocycles. The molecular formula is C15H17FO3. The van der Waals surface area contributed by atoms with E-state index in [1.54, 1.807) is 6.92 Å². The summed E-state index contributed by atoms with van der Waals surface area (Å²) in [4.78, 5) is 23.2. The molecule has 0 heterocycles. The minimum absolute atomic E-state index is 0.184. The molecule has 1 N–H and O–H groups in total. The van der Waals surface area contributed by atoms with Crippen LogP contribution in [-0.4, -0.2) is 16.9 Å². The quantitative estimate of drug-likeness (QED) is 0.486. The van der Waals surface area contributed by atoms with Crippen LogP contribution >= 0.6 is 0 Å². The van der Waals surface area contributed by atoms with Crippen LogP contribution in [0.3, 0.4) is 0 Å². The van der Waals surface area contributed by atoms with Crippen LogP contribution in [0.25, 0.3) is 5.57 Å². The van der Waals surface area contributed by atoms with Gasteiger partial charge in [0.15, 0.2) is 5.78 Å². The van der Waals surface area contributed by atoms with Crippen molar-refractivity contribution in [3.8, 4) is 0 Å². The van der Waals surface area contributed by atoms with Crippen molar-refractivity contribution in [2.24, 2.45) is 0 Å². The average Bonchev–Trinajstić information content (AvgIpc) is 2.36. The second-order valence-electron chi connectivity index (χ2n) is 4.19. The number of benzene rings is 1. The molecule has 4 heteroatoms. The van der Waals surface area contributed by atoms with Crippen molar-refractivity contribution < 1.29 is 19.1 Å². The lowest BCUT2D eigenvalue weighted by Gasteiger charge is -2.10. The molecule has 19 heavy (non-hydrogen) atoms. The van der Waals surface area contributed by atoms with Gasteiger partial charge < -0.3 is 5.11 Å². The van der Waals surface area contributed by atoms with Gasteiger partial charge >= 0.3 is 5.97 Å². The van der Waals surface area contributed by atoms with Crippen molar-refractivity contribution in [1.82, 2.24) is 0 Å². The lowest BCUT2D eigenvalue weighted by atomic mass is 9.93. The monoisotopic (exact) mass is 264 g/mol. The average molecular weight is 264 g/mol. The number of allylic oxidation sites excluding steroid dienone is 1. The lowest BCUT2D eigenvalue weighted by molar-refractivity contribution is -0.134. The zero-order valence-electron chi connectivity index (χ0n) is 11.1. The highest BCUT2D eigenvalue weighted by Crippen LogP contribution is 2.24. The van der Waals surface area contributed by atoms with E-state index in [-0.39, 0.29) is 17.8 Å². The minimum Gasteiger partial charge on any atom is -0.478 e. The Morgan fingerprint density at radius 2 is 1.74 bits per heavy atom. The van der Waals surface area contributed by atoms with Gasteiger partial charge in [-0.05, 0) is 36.1 Å². The molecule has 0 unspecified atom stereocenters. The first-order chi connectivity index (χ1) is 9.01. The highest BCUT2D eigenvalue weighted by atomic mass is 19.1. The summed E-state index contributed by atoms with van der Waals surface area (Å²) in [7, 11) is 0. The molecule has 0 radical (unpaired) electrons. The van der Waals surface area contributed by atoms with Gasteiger partial charge in [0.25, 0.3) is 0 Å². The summed E-state index contributed by atoms with van der Waals surface area (Å²) in [5.41, 5.74) is 0.840. The molecule has 0 bridgehead atoms. The van der Waals surface area contributed by atoms with E-state index in [9.17, 15) is 19.1 Å². The van der Waals surface area contributed by atoms with Crippen LogP contribution in [-0.2, 0) is 9.59 Å². The van der Waals surface area contributed by atoms with E-state index in [0.717, 1.165) is 0 Å². The second-order valence-corrected chi connectivity index (χ2v) is 4.19. The SMILES string of the molecule is CCCC(=O)C(C(=O)O)=C(CC)c1ccc(F)cc1. The molecule has 0 fully saturated rings. The molecule has 0 spiro atoms. The number of hydrogen-bond acceptors (Lipinski definition) is 2. The number of halogens is 1. The van der Waals surface area contributed by atoms with Crippen molar-refractivity contribution in [3.63, 3.8) is 0 Å². The maximum Gasteiger partial charge on any atom is 0.339 e. The number of carbonyl (C=O) groups is 2. The van der Waals surface area contributed by atoms with Gasteiger partial charge in [-0.15, -0.1) is 0 Å². The third-order valence-corrected chi connectivity index (χ3v) is 2.82. The van der Waals surface area contributed by atoms with Gasteiger partial charge in [-0.3, -0.25) is 4.79 Å². The van der Waals surface area contributed by atoms with Gasteiger partial charge in [-0.2, -0.15) is 0 Å². The molecule has 0 aliphatic rings. The van der Waals surface area contributed by atoms with E-state index in [4.69, 9.17) is 0 Å². The number of ketones is 1. The molecule has 0 aliphatic carbocycles. The van der Waals surface area contributed by atoms with Crippen LogP contribution in [0.1, 0.15) is 38.7 Å². The van der Waals surface area contributed by atoms with E-state index < -0.39 is 11.8 Å². The fourth-order valence-corrected chi connectivity index (χ4v) is 1.95. The highest BCUT2D eigenvalue weighted by Gasteiger charge is 2.21. The summed E-state index contributed by atoms with van der Waals surface area (Å²) in [5.74, 6) is -1.99. The summed E-state index contributed by atoms with van der Waals surface area (Å²) in [6.45, 7) is 3.60. The fraction of sp³-hybridized carbons (Fsp3) is 0.333. The number of hydrogen-bond donors (Lipinski definition) is 1. The van der Waals surface area contributed by atoms with Crippen LogP contribution < -0.4 is 0 Å². The Morgan fingerprint density at radius 1 is 1.16 bits per heavy atom. The van der Waals surface area contributed by atoms with Crippen LogP contribution in [0.5, 0.6) is 0 Å². The highest BCUT2D eigenvalue weighted by molar-refractivity contribution is 6.22. The van der Waals surface area contributed by atoms with E-state index in [2.05, 4.69) is 0 Å². The number of rotatable bonds is 6. The van der Waals surface area contributed by atoms with Crippen LogP contribution in [0, 0.1) is 5.82 Å². The summed E-state index contributed by atoms with van der Waals surface area (Å²) in [6.07, 6.45) is 1.20. The molecule has 0 aromatic heterocycles. The number of Topliss-reactive ketones (excluding diaryl/α,β-unsaturated/α-hetero) is 1. The summed E-state index contributed by atoms with van der Waals surface area (Å²) >= 11 is 0. The molecule has 1 aromatic rings. The minimum atomic E-state index is -1.22. The lowest BCUT2D eigenvalue weighted by Crippen LogP contribution is -2.14. The van der Waals surface area contributed by atoms with Gasteiger partial charge in [0, 0.05) is 6.42 Å². The molecule has 0 amide bonds. The van der Waals surface area contributed by atoms with Gasteiger partial charge in [-0.1, -0.05) is 26.0 Å². The maximum atomic E-state index is 12.9. The number of carboxylic acids is 1. The van der Waals surface area contributed by atoms with E-state index in [1.165, 1.54) is 24.3 Å². The van der Waals surface area contributed by atoms with Crippen molar-refractivity contribution >= 4 is 17.3 Å². The van der Waals surface area contributed by atoms with E-state index >= 15 is 0 Å². The van der Waals surface area contributed by atoms with Crippen LogP contribution in [0.4, 0.5) is 4.39 Å². The Bertz CT molecular complexity index is 501. The maximum absolute atomic E-state index is 12.9. The first kappa shape index (κ1) is 15.1. The van der Waals surface area contributed by atoms with Crippen molar-refractivity contribution in [2.75, 3.05) is 0 Å². The third kappa shape index (κ3) is 3.74. The van der Waals surface area contributed by atoms with Crippen molar-refractivity contribution in [2.45, 2.75) is 33.1 Å². The number of aliphatic carboxylic acids is 1.